The molecular weight excluding hydrogens is 444 g/mol. The predicted molar refractivity (Wildman–Crippen MR) is 131 cm³/mol. The van der Waals surface area contributed by atoms with Gasteiger partial charge in [-0.25, -0.2) is 9.50 Å². The van der Waals surface area contributed by atoms with E-state index in [1.165, 1.54) is 6.20 Å². The summed E-state index contributed by atoms with van der Waals surface area (Å²) in [4.78, 5) is 18.0. The van der Waals surface area contributed by atoms with Crippen molar-refractivity contribution in [3.8, 4) is 22.9 Å². The number of fused-ring (bicyclic) bond motifs is 2. The Labute approximate surface area is 204 Å². The van der Waals surface area contributed by atoms with E-state index in [0.29, 0.717) is 28.7 Å². The molecule has 5 rings (SSSR count). The van der Waals surface area contributed by atoms with Crippen molar-refractivity contribution in [2.45, 2.75) is 44.8 Å². The number of carbonyl (C=O) groups is 1. The molecule has 1 aliphatic heterocycles. The fourth-order valence-corrected chi connectivity index (χ4v) is 5.56. The monoisotopic (exact) mass is 474 g/mol. The summed E-state index contributed by atoms with van der Waals surface area (Å²) < 4.78 is 7.45. The van der Waals surface area contributed by atoms with Crippen molar-refractivity contribution >= 4 is 17.7 Å². The van der Waals surface area contributed by atoms with Crippen LogP contribution in [-0.2, 0) is 4.79 Å². The van der Waals surface area contributed by atoms with Crippen LogP contribution in [0.2, 0.25) is 0 Å². The highest BCUT2D eigenvalue weighted by atomic mass is 16.5. The van der Waals surface area contributed by atoms with Gasteiger partial charge < -0.3 is 20.1 Å². The first-order valence-electron chi connectivity index (χ1n) is 11.9. The first-order chi connectivity index (χ1) is 16.7. The molecule has 4 heterocycles. The van der Waals surface area contributed by atoms with Crippen LogP contribution in [-0.4, -0.2) is 57.0 Å². The molecule has 0 aromatic carbocycles. The average molecular weight is 475 g/mol. The van der Waals surface area contributed by atoms with Gasteiger partial charge in [-0.2, -0.15) is 10.4 Å². The summed E-state index contributed by atoms with van der Waals surface area (Å²) in [5, 5.41) is 27.0. The number of anilines is 1. The Kier molecular flexibility index (Phi) is 5.64. The molecule has 2 aliphatic rings. The summed E-state index contributed by atoms with van der Waals surface area (Å²) >= 11 is 0. The van der Waals surface area contributed by atoms with Crippen molar-refractivity contribution in [1.29, 1.82) is 5.26 Å². The smallest absolute Gasteiger partial charge is 0.207 e. The number of aliphatic hydroxyl groups is 1. The van der Waals surface area contributed by atoms with Crippen molar-refractivity contribution in [3.05, 3.63) is 42.4 Å². The molecule has 1 amide bonds. The SMILES string of the molecule is CC(C)(O)COc1cc(-c2ccc(N3C[C@@H]4CC(C)(NC=O)C[C@@H]4C3)nc2)c2c(C#N)cnn2c1. The molecule has 0 spiro atoms. The Morgan fingerprint density at radius 1 is 1.31 bits per heavy atom. The van der Waals surface area contributed by atoms with Crippen molar-refractivity contribution in [2.24, 2.45) is 11.8 Å². The Morgan fingerprint density at radius 2 is 2.06 bits per heavy atom. The maximum absolute atomic E-state index is 11.0. The molecule has 182 valence electrons. The third-order valence-electron chi connectivity index (χ3n) is 7.09. The lowest BCUT2D eigenvalue weighted by atomic mass is 9.98. The van der Waals surface area contributed by atoms with Crippen molar-refractivity contribution in [1.82, 2.24) is 19.9 Å². The van der Waals surface area contributed by atoms with Gasteiger partial charge in [-0.15, -0.1) is 0 Å². The summed E-state index contributed by atoms with van der Waals surface area (Å²) in [7, 11) is 0. The number of nitrogens with zero attached hydrogens (tertiary/aromatic N) is 5. The number of nitrogens with one attached hydrogen (secondary N) is 1. The molecule has 1 unspecified atom stereocenters. The maximum atomic E-state index is 11.0. The summed E-state index contributed by atoms with van der Waals surface area (Å²) in [5.41, 5.74) is 1.72. The van der Waals surface area contributed by atoms with Crippen molar-refractivity contribution in [2.75, 3.05) is 24.6 Å². The summed E-state index contributed by atoms with van der Waals surface area (Å²) in [5.74, 6) is 2.56. The lowest BCUT2D eigenvalue weighted by Gasteiger charge is -2.27. The van der Waals surface area contributed by atoms with Crippen LogP contribution in [0.4, 0.5) is 5.82 Å². The Morgan fingerprint density at radius 3 is 2.66 bits per heavy atom. The highest BCUT2D eigenvalue weighted by Crippen LogP contribution is 2.44. The van der Waals surface area contributed by atoms with E-state index < -0.39 is 5.60 Å². The molecule has 3 aromatic rings. The third kappa shape index (κ3) is 4.54. The fraction of sp³-hybridized carbons (Fsp3) is 0.462. The minimum absolute atomic E-state index is 0.103. The van der Waals surface area contributed by atoms with Gasteiger partial charge in [0.05, 0.1) is 29.1 Å². The third-order valence-corrected chi connectivity index (χ3v) is 7.09. The zero-order valence-electron chi connectivity index (χ0n) is 20.2. The van der Waals surface area contributed by atoms with Crippen LogP contribution < -0.4 is 15.0 Å². The van der Waals surface area contributed by atoms with Crippen LogP contribution in [0.25, 0.3) is 16.6 Å². The number of nitriles is 1. The van der Waals surface area contributed by atoms with Crippen LogP contribution in [0.15, 0.2) is 36.8 Å². The molecule has 1 saturated carbocycles. The van der Waals surface area contributed by atoms with Gasteiger partial charge in [-0.05, 0) is 63.6 Å². The molecule has 1 saturated heterocycles. The number of rotatable bonds is 7. The second-order valence-corrected chi connectivity index (χ2v) is 10.7. The molecule has 2 N–H and O–H groups in total. The van der Waals surface area contributed by atoms with Gasteiger partial charge >= 0.3 is 0 Å². The van der Waals surface area contributed by atoms with Crippen LogP contribution in [0.1, 0.15) is 39.2 Å². The van der Waals surface area contributed by atoms with Gasteiger partial charge in [-0.3, -0.25) is 4.79 Å². The summed E-state index contributed by atoms with van der Waals surface area (Å²) in [6, 6.07) is 8.10. The topological polar surface area (TPSA) is 116 Å². The van der Waals surface area contributed by atoms with Crippen LogP contribution >= 0.6 is 0 Å². The van der Waals surface area contributed by atoms with E-state index in [1.54, 1.807) is 24.6 Å². The first-order valence-corrected chi connectivity index (χ1v) is 11.9. The average Bonchev–Trinajstić information content (AvgIpc) is 3.48. The lowest BCUT2D eigenvalue weighted by molar-refractivity contribution is -0.111. The van der Waals surface area contributed by atoms with Gasteiger partial charge in [-0.1, -0.05) is 0 Å². The molecule has 2 fully saturated rings. The zero-order chi connectivity index (χ0) is 24.8. The second-order valence-electron chi connectivity index (χ2n) is 10.7. The van der Waals surface area contributed by atoms with Gasteiger partial charge in [0.1, 0.15) is 24.2 Å². The van der Waals surface area contributed by atoms with Gasteiger partial charge in [0.2, 0.25) is 6.41 Å². The van der Waals surface area contributed by atoms with E-state index in [2.05, 4.69) is 28.3 Å². The number of carbonyl (C=O) groups excluding carboxylic acids is 1. The summed E-state index contributed by atoms with van der Waals surface area (Å²) in [6.45, 7) is 7.48. The van der Waals surface area contributed by atoms with Gasteiger partial charge in [0, 0.05) is 36.0 Å². The Bertz CT molecular complexity index is 1270. The first kappa shape index (κ1) is 23.1. The van der Waals surface area contributed by atoms with E-state index in [1.807, 2.05) is 24.4 Å². The standard InChI is InChI=1S/C26H30N6O3/c1-25(2,34)15-35-21-6-22(24-20(9-27)11-30-32(24)14-21)17-4-5-23(28-10-17)31-12-18-7-26(3,29-16-33)8-19(18)13-31/h4-6,10-11,14,16,18-19,34H,7-8,12-13,15H2,1-3H3,(H,29,33)/t18-,19+,26?. The molecule has 9 nitrogen and oxygen atoms in total. The van der Waals surface area contributed by atoms with Crippen molar-refractivity contribution in [3.63, 3.8) is 0 Å². The Hall–Kier alpha value is -3.64. The van der Waals surface area contributed by atoms with Gasteiger partial charge in [0.25, 0.3) is 0 Å². The van der Waals surface area contributed by atoms with Crippen LogP contribution in [0.3, 0.4) is 0 Å². The molecule has 3 aromatic heterocycles. The highest BCUT2D eigenvalue weighted by Gasteiger charge is 2.46. The van der Waals surface area contributed by atoms with Crippen molar-refractivity contribution < 1.29 is 14.6 Å². The maximum Gasteiger partial charge on any atom is 0.207 e. The number of aromatic nitrogens is 3. The molecule has 0 bridgehead atoms. The normalized spacial score (nSPS) is 23.8. The largest absolute Gasteiger partial charge is 0.489 e. The minimum Gasteiger partial charge on any atom is -0.489 e. The van der Waals surface area contributed by atoms with E-state index >= 15 is 0 Å². The minimum atomic E-state index is -0.977. The zero-order valence-corrected chi connectivity index (χ0v) is 20.2. The number of pyridine rings is 2. The molecule has 1 aliphatic carbocycles. The lowest BCUT2D eigenvalue weighted by Crippen LogP contribution is -2.40. The van der Waals surface area contributed by atoms with Gasteiger partial charge in [0.15, 0.2) is 0 Å². The van der Waals surface area contributed by atoms with E-state index in [-0.39, 0.29) is 12.1 Å². The predicted octanol–water partition coefficient (Wildman–Crippen LogP) is 2.77. The molecule has 35 heavy (non-hydrogen) atoms. The molecular formula is C26H30N6O3. The van der Waals surface area contributed by atoms with E-state index in [0.717, 1.165) is 49.3 Å². The van der Waals surface area contributed by atoms with Crippen LogP contribution in [0.5, 0.6) is 5.75 Å². The summed E-state index contributed by atoms with van der Waals surface area (Å²) in [6.07, 6.45) is 7.86. The van der Waals surface area contributed by atoms with E-state index in [4.69, 9.17) is 9.72 Å². The number of amides is 1. The molecule has 0 radical (unpaired) electrons. The second kappa shape index (κ2) is 8.54. The number of hydrogen-bond donors (Lipinski definition) is 2. The quantitative estimate of drug-likeness (QED) is 0.506. The molecule has 9 heteroatoms. The fourth-order valence-electron chi connectivity index (χ4n) is 5.56. The number of hydrogen-bond acceptors (Lipinski definition) is 7. The van der Waals surface area contributed by atoms with E-state index in [9.17, 15) is 15.2 Å². The highest BCUT2D eigenvalue weighted by molar-refractivity contribution is 5.85. The number of ether oxygens (including phenoxy) is 1. The molecule has 3 atom stereocenters. The van der Waals surface area contributed by atoms with Crippen LogP contribution in [0, 0.1) is 23.2 Å². The Balaban J connectivity index is 1.40.